The maximum absolute atomic E-state index is 12.4. The van der Waals surface area contributed by atoms with E-state index in [0.717, 1.165) is 20.9 Å². The van der Waals surface area contributed by atoms with E-state index >= 15 is 0 Å². The van der Waals surface area contributed by atoms with Crippen molar-refractivity contribution in [2.24, 2.45) is 7.05 Å². The normalized spacial score (nSPS) is 11.2. The molecule has 0 fully saturated rings. The Morgan fingerprint density at radius 1 is 1.10 bits per heavy atom. The van der Waals surface area contributed by atoms with Crippen LogP contribution in [-0.4, -0.2) is 4.57 Å². The predicted octanol–water partition coefficient (Wildman–Crippen LogP) is 4.66. The van der Waals surface area contributed by atoms with Gasteiger partial charge in [-0.25, -0.2) is 0 Å². The van der Waals surface area contributed by atoms with E-state index in [1.807, 2.05) is 24.3 Å². The lowest BCUT2D eigenvalue weighted by atomic mass is 10.1. The second-order valence-corrected chi connectivity index (χ2v) is 6.41. The summed E-state index contributed by atoms with van der Waals surface area (Å²) in [4.78, 5) is 12.4. The Labute approximate surface area is 134 Å². The van der Waals surface area contributed by atoms with Gasteiger partial charge < -0.3 is 4.57 Å². The summed E-state index contributed by atoms with van der Waals surface area (Å²) in [5.41, 5.74) is 2.41. The second kappa shape index (κ2) is 7.25. The highest BCUT2D eigenvalue weighted by Gasteiger charge is 2.12. The fourth-order valence-electron chi connectivity index (χ4n) is 2.67. The number of aromatic nitrogens is 1. The first kappa shape index (κ1) is 15.5. The van der Waals surface area contributed by atoms with Crippen molar-refractivity contribution < 1.29 is 0 Å². The van der Waals surface area contributed by atoms with Crippen LogP contribution >= 0.6 is 22.6 Å². The summed E-state index contributed by atoms with van der Waals surface area (Å²) in [6.07, 6.45) is 7.31. The summed E-state index contributed by atoms with van der Waals surface area (Å²) in [7, 11) is 2.07. The highest BCUT2D eigenvalue weighted by atomic mass is 127. The van der Waals surface area contributed by atoms with E-state index < -0.39 is 0 Å². The first-order valence-corrected chi connectivity index (χ1v) is 8.50. The van der Waals surface area contributed by atoms with Crippen LogP contribution in [0.5, 0.6) is 0 Å². The number of hydrogen-bond donors (Lipinski definition) is 0. The quantitative estimate of drug-likeness (QED) is 0.526. The average molecular weight is 383 g/mol. The monoisotopic (exact) mass is 383 g/mol. The van der Waals surface area contributed by atoms with Crippen LogP contribution < -0.4 is 5.43 Å². The molecule has 0 spiro atoms. The first-order chi connectivity index (χ1) is 9.66. The van der Waals surface area contributed by atoms with Gasteiger partial charge in [0.1, 0.15) is 0 Å². The molecule has 1 aromatic carbocycles. The second-order valence-electron chi connectivity index (χ2n) is 5.33. The third-order valence-corrected chi connectivity index (χ3v) is 5.00. The zero-order chi connectivity index (χ0) is 14.5. The van der Waals surface area contributed by atoms with Gasteiger partial charge in [-0.15, -0.1) is 0 Å². The number of aryl methyl sites for hydroxylation is 1. The molecule has 0 bridgehead atoms. The molecule has 1 aromatic heterocycles. The van der Waals surface area contributed by atoms with Gasteiger partial charge in [0.25, 0.3) is 0 Å². The van der Waals surface area contributed by atoms with Crippen LogP contribution in [0.2, 0.25) is 0 Å². The maximum atomic E-state index is 12.4. The van der Waals surface area contributed by atoms with E-state index in [9.17, 15) is 4.79 Å². The molecule has 2 rings (SSSR count). The van der Waals surface area contributed by atoms with E-state index in [-0.39, 0.29) is 5.43 Å². The molecule has 0 unspecified atom stereocenters. The van der Waals surface area contributed by atoms with Crippen molar-refractivity contribution in [2.75, 3.05) is 0 Å². The Hall–Kier alpha value is -0.840. The third-order valence-electron chi connectivity index (χ3n) is 3.88. The highest BCUT2D eigenvalue weighted by Crippen LogP contribution is 2.18. The number of pyridine rings is 1. The summed E-state index contributed by atoms with van der Waals surface area (Å²) < 4.78 is 3.08. The fraction of sp³-hybridized carbons (Fsp3) is 0.471. The predicted molar refractivity (Wildman–Crippen MR) is 94.4 cm³/mol. The molecular formula is C17H22INO. The van der Waals surface area contributed by atoms with Gasteiger partial charge in [0.05, 0.1) is 9.09 Å². The lowest BCUT2D eigenvalue weighted by Crippen LogP contribution is -2.17. The summed E-state index contributed by atoms with van der Waals surface area (Å²) in [6.45, 7) is 2.23. The smallest absolute Gasteiger partial charge is 0.202 e. The Kier molecular flexibility index (Phi) is 5.64. The van der Waals surface area contributed by atoms with E-state index in [1.165, 1.54) is 37.8 Å². The summed E-state index contributed by atoms with van der Waals surface area (Å²) in [5, 5.41) is 0.828. The number of para-hydroxylation sites is 1. The molecule has 0 amide bonds. The van der Waals surface area contributed by atoms with Crippen LogP contribution in [0.4, 0.5) is 0 Å². The van der Waals surface area contributed by atoms with Gasteiger partial charge in [-0.2, -0.15) is 0 Å². The Balaban J connectivity index is 2.27. The number of hydrogen-bond acceptors (Lipinski definition) is 1. The SMILES string of the molecule is CCCCCCCc1c(I)c(=O)c2ccccc2n1C. The van der Waals surface area contributed by atoms with Crippen molar-refractivity contribution in [3.05, 3.63) is 43.8 Å². The van der Waals surface area contributed by atoms with Crippen LogP contribution in [0.25, 0.3) is 10.9 Å². The fourth-order valence-corrected chi connectivity index (χ4v) is 3.60. The van der Waals surface area contributed by atoms with Gasteiger partial charge in [0.15, 0.2) is 0 Å². The van der Waals surface area contributed by atoms with Crippen molar-refractivity contribution >= 4 is 33.5 Å². The summed E-state index contributed by atoms with van der Waals surface area (Å²) >= 11 is 2.21. The van der Waals surface area contributed by atoms with Crippen molar-refractivity contribution in [2.45, 2.75) is 45.4 Å². The lowest BCUT2D eigenvalue weighted by Gasteiger charge is -2.14. The molecule has 0 atom stereocenters. The molecule has 0 saturated heterocycles. The topological polar surface area (TPSA) is 22.0 Å². The molecule has 0 radical (unpaired) electrons. The summed E-state index contributed by atoms with van der Waals surface area (Å²) in [5.74, 6) is 0. The maximum Gasteiger partial charge on any atom is 0.202 e. The molecule has 0 aliphatic rings. The van der Waals surface area contributed by atoms with Gasteiger partial charge in [0, 0.05) is 18.1 Å². The van der Waals surface area contributed by atoms with Gasteiger partial charge in [-0.1, -0.05) is 44.7 Å². The van der Waals surface area contributed by atoms with Crippen LogP contribution in [0.1, 0.15) is 44.7 Å². The number of fused-ring (bicyclic) bond motifs is 1. The minimum Gasteiger partial charge on any atom is -0.346 e. The van der Waals surface area contributed by atoms with Gasteiger partial charge in [-0.3, -0.25) is 4.79 Å². The van der Waals surface area contributed by atoms with Crippen LogP contribution in [-0.2, 0) is 13.5 Å². The van der Waals surface area contributed by atoms with E-state index in [4.69, 9.17) is 0 Å². The molecule has 2 aromatic rings. The molecule has 108 valence electrons. The average Bonchev–Trinajstić information content (AvgIpc) is 2.48. The van der Waals surface area contributed by atoms with Crippen LogP contribution in [0.15, 0.2) is 29.1 Å². The van der Waals surface area contributed by atoms with E-state index in [2.05, 4.69) is 41.1 Å². The zero-order valence-electron chi connectivity index (χ0n) is 12.3. The van der Waals surface area contributed by atoms with Crippen molar-refractivity contribution in [3.63, 3.8) is 0 Å². The van der Waals surface area contributed by atoms with E-state index in [1.54, 1.807) is 0 Å². The highest BCUT2D eigenvalue weighted by molar-refractivity contribution is 14.1. The molecular weight excluding hydrogens is 361 g/mol. The number of benzene rings is 1. The first-order valence-electron chi connectivity index (χ1n) is 7.43. The van der Waals surface area contributed by atoms with Gasteiger partial charge in [-0.05, 0) is 47.6 Å². The zero-order valence-corrected chi connectivity index (χ0v) is 14.4. The van der Waals surface area contributed by atoms with Crippen LogP contribution in [0, 0.1) is 3.57 Å². The molecule has 0 saturated carbocycles. The largest absolute Gasteiger partial charge is 0.346 e. The van der Waals surface area contributed by atoms with Crippen LogP contribution in [0.3, 0.4) is 0 Å². The Morgan fingerprint density at radius 3 is 2.55 bits per heavy atom. The van der Waals surface area contributed by atoms with Gasteiger partial charge in [0.2, 0.25) is 5.43 Å². The standard InChI is InChI=1S/C17H22INO/c1-3-4-5-6-7-12-15-16(18)17(20)13-10-8-9-11-14(13)19(15)2/h8-11H,3-7,12H2,1-2H3. The molecule has 0 aliphatic carbocycles. The van der Waals surface area contributed by atoms with Crippen molar-refractivity contribution in [1.29, 1.82) is 0 Å². The number of halogens is 1. The molecule has 20 heavy (non-hydrogen) atoms. The number of unbranched alkanes of at least 4 members (excludes halogenated alkanes) is 4. The molecule has 3 heteroatoms. The van der Waals surface area contributed by atoms with Crippen molar-refractivity contribution in [1.82, 2.24) is 4.57 Å². The molecule has 2 nitrogen and oxygen atoms in total. The Morgan fingerprint density at radius 2 is 1.80 bits per heavy atom. The minimum atomic E-state index is 0.183. The molecule has 0 N–H and O–H groups in total. The van der Waals surface area contributed by atoms with Crippen molar-refractivity contribution in [3.8, 4) is 0 Å². The number of rotatable bonds is 6. The third kappa shape index (κ3) is 3.25. The molecule has 1 heterocycles. The Bertz CT molecular complexity index is 645. The molecule has 0 aliphatic heterocycles. The summed E-state index contributed by atoms with van der Waals surface area (Å²) in [6, 6.07) is 7.89. The minimum absolute atomic E-state index is 0.183. The van der Waals surface area contributed by atoms with Gasteiger partial charge >= 0.3 is 0 Å². The lowest BCUT2D eigenvalue weighted by molar-refractivity contribution is 0.619. The number of nitrogens with zero attached hydrogens (tertiary/aromatic N) is 1. The van der Waals surface area contributed by atoms with E-state index in [0.29, 0.717) is 0 Å².